The monoisotopic (exact) mass is 564 g/mol. The number of halogens is 1. The number of benzene rings is 1. The number of anilines is 1. The van der Waals surface area contributed by atoms with Crippen LogP contribution in [0.25, 0.3) is 11.4 Å². The second-order valence-electron chi connectivity index (χ2n) is 8.45. The summed E-state index contributed by atoms with van der Waals surface area (Å²) in [4.78, 5) is 61.5. The first-order chi connectivity index (χ1) is 18.3. The van der Waals surface area contributed by atoms with Crippen LogP contribution >= 0.6 is 12.4 Å². The van der Waals surface area contributed by atoms with Crippen LogP contribution in [0, 0.1) is 0 Å². The third-order valence-electron chi connectivity index (χ3n) is 5.78. The molecular formula is C25H33ClN6O7. The van der Waals surface area contributed by atoms with Gasteiger partial charge >= 0.3 is 12.1 Å². The standard InChI is InChI=1S/C25H32N6O7.ClH/c1-2-38-25(37)31-13-11-30(12-14-31)24(36)18(8-9-21(33)34)28-23(35)19-16-20(26-10-15-32)29-22(27-19)17-6-4-3-5-7-17;/h3-7,16,18,32H,2,8-15H2,1H3,(H,28,35)(H,33,34)(H,26,27,29);1H/t18-;/m0./s1. The van der Waals surface area contributed by atoms with Crippen molar-refractivity contribution in [2.75, 3.05) is 51.3 Å². The number of nitrogens with zero attached hydrogens (tertiary/aromatic N) is 4. The number of carbonyl (C=O) groups is 4. The lowest BCUT2D eigenvalue weighted by Gasteiger charge is -2.35. The molecule has 1 fully saturated rings. The zero-order valence-electron chi connectivity index (χ0n) is 21.5. The van der Waals surface area contributed by atoms with Crippen LogP contribution in [0.4, 0.5) is 10.6 Å². The quantitative estimate of drug-likeness (QED) is 0.311. The molecule has 0 saturated carbocycles. The van der Waals surface area contributed by atoms with E-state index in [1.54, 1.807) is 31.2 Å². The number of aromatic nitrogens is 2. The van der Waals surface area contributed by atoms with Gasteiger partial charge in [0.15, 0.2) is 5.82 Å². The summed E-state index contributed by atoms with van der Waals surface area (Å²) in [6, 6.07) is 9.27. The summed E-state index contributed by atoms with van der Waals surface area (Å²) < 4.78 is 5.00. The van der Waals surface area contributed by atoms with Crippen LogP contribution in [0.3, 0.4) is 0 Å². The van der Waals surface area contributed by atoms with Crippen molar-refractivity contribution < 1.29 is 34.1 Å². The number of aliphatic carboxylic acids is 1. The van der Waals surface area contributed by atoms with E-state index >= 15 is 0 Å². The third kappa shape index (κ3) is 9.07. The van der Waals surface area contributed by atoms with Crippen LogP contribution in [-0.2, 0) is 14.3 Å². The molecular weight excluding hydrogens is 532 g/mol. The molecule has 3 rings (SSSR count). The Morgan fingerprint density at radius 2 is 1.72 bits per heavy atom. The van der Waals surface area contributed by atoms with Crippen LogP contribution < -0.4 is 10.6 Å². The molecule has 2 aromatic rings. The minimum absolute atomic E-state index is 0. The highest BCUT2D eigenvalue weighted by atomic mass is 35.5. The van der Waals surface area contributed by atoms with E-state index in [4.69, 9.17) is 9.84 Å². The number of carbonyl (C=O) groups excluding carboxylic acids is 3. The molecule has 0 spiro atoms. The zero-order chi connectivity index (χ0) is 27.5. The van der Waals surface area contributed by atoms with Gasteiger partial charge in [-0.15, -0.1) is 12.4 Å². The molecule has 1 aliphatic rings. The van der Waals surface area contributed by atoms with Gasteiger partial charge in [0.25, 0.3) is 5.91 Å². The number of aliphatic hydroxyl groups is 1. The fourth-order valence-corrected chi connectivity index (χ4v) is 3.86. The number of carboxylic acid groups (broad SMARTS) is 1. The van der Waals surface area contributed by atoms with Crippen LogP contribution in [0.1, 0.15) is 30.3 Å². The number of ether oxygens (including phenoxy) is 1. The second kappa shape index (κ2) is 15.4. The maximum absolute atomic E-state index is 13.3. The Bertz CT molecular complexity index is 1130. The average molecular weight is 565 g/mol. The van der Waals surface area contributed by atoms with Gasteiger partial charge in [0.05, 0.1) is 13.2 Å². The molecule has 0 radical (unpaired) electrons. The maximum atomic E-state index is 13.3. The van der Waals surface area contributed by atoms with E-state index in [2.05, 4.69) is 20.6 Å². The van der Waals surface area contributed by atoms with E-state index in [-0.39, 0.29) is 82.7 Å². The number of amides is 3. The van der Waals surface area contributed by atoms with E-state index in [1.807, 2.05) is 6.07 Å². The van der Waals surface area contributed by atoms with E-state index in [0.717, 1.165) is 0 Å². The number of aliphatic hydroxyl groups excluding tert-OH is 1. The van der Waals surface area contributed by atoms with Crippen LogP contribution in [0.2, 0.25) is 0 Å². The Hall–Kier alpha value is -3.97. The average Bonchev–Trinajstić information content (AvgIpc) is 2.94. The topological polar surface area (TPSA) is 174 Å². The normalized spacial score (nSPS) is 13.6. The van der Waals surface area contributed by atoms with Gasteiger partial charge in [0.1, 0.15) is 17.6 Å². The van der Waals surface area contributed by atoms with Crippen molar-refractivity contribution >= 4 is 42.1 Å². The van der Waals surface area contributed by atoms with Crippen molar-refractivity contribution in [1.29, 1.82) is 0 Å². The molecule has 39 heavy (non-hydrogen) atoms. The maximum Gasteiger partial charge on any atom is 0.409 e. The SMILES string of the molecule is CCOC(=O)N1CCN(C(=O)[C@H](CCC(=O)O)NC(=O)c2cc(NCCO)nc(-c3ccccc3)n2)CC1.Cl. The van der Waals surface area contributed by atoms with Gasteiger partial charge in [0.2, 0.25) is 5.91 Å². The van der Waals surface area contributed by atoms with Crippen LogP contribution in [0.5, 0.6) is 0 Å². The molecule has 1 aliphatic heterocycles. The highest BCUT2D eigenvalue weighted by Gasteiger charge is 2.31. The smallest absolute Gasteiger partial charge is 0.409 e. The molecule has 1 aromatic heterocycles. The van der Waals surface area contributed by atoms with Gasteiger partial charge < -0.3 is 35.4 Å². The fourth-order valence-electron chi connectivity index (χ4n) is 3.86. The fraction of sp³-hybridized carbons (Fsp3) is 0.440. The summed E-state index contributed by atoms with van der Waals surface area (Å²) in [5.74, 6) is -1.65. The first kappa shape index (κ1) is 31.2. The van der Waals surface area contributed by atoms with Crippen LogP contribution in [0.15, 0.2) is 36.4 Å². The lowest BCUT2D eigenvalue weighted by atomic mass is 10.1. The Kier molecular flexibility index (Phi) is 12.4. The number of nitrogens with one attached hydrogen (secondary N) is 2. The van der Waals surface area contributed by atoms with Gasteiger partial charge in [-0.25, -0.2) is 14.8 Å². The number of hydrogen-bond acceptors (Lipinski definition) is 9. The summed E-state index contributed by atoms with van der Waals surface area (Å²) in [6.07, 6.45) is -0.912. The van der Waals surface area contributed by atoms with Gasteiger partial charge in [0, 0.05) is 50.8 Å². The van der Waals surface area contributed by atoms with E-state index < -0.39 is 29.9 Å². The molecule has 3 amide bonds. The molecule has 0 bridgehead atoms. The number of rotatable bonds is 11. The van der Waals surface area contributed by atoms with Crippen molar-refractivity contribution in [2.24, 2.45) is 0 Å². The lowest BCUT2D eigenvalue weighted by Crippen LogP contribution is -2.56. The number of carboxylic acids is 1. The minimum atomic E-state index is -1.11. The summed E-state index contributed by atoms with van der Waals surface area (Å²) in [7, 11) is 0. The van der Waals surface area contributed by atoms with Gasteiger partial charge in [-0.05, 0) is 13.3 Å². The predicted molar refractivity (Wildman–Crippen MR) is 144 cm³/mol. The minimum Gasteiger partial charge on any atom is -0.481 e. The molecule has 1 aromatic carbocycles. The molecule has 13 nitrogen and oxygen atoms in total. The largest absolute Gasteiger partial charge is 0.481 e. The lowest BCUT2D eigenvalue weighted by molar-refractivity contribution is -0.138. The molecule has 212 valence electrons. The zero-order valence-corrected chi connectivity index (χ0v) is 22.4. The molecule has 2 heterocycles. The Morgan fingerprint density at radius 1 is 1.05 bits per heavy atom. The first-order valence-corrected chi connectivity index (χ1v) is 12.3. The van der Waals surface area contributed by atoms with Gasteiger partial charge in [-0.1, -0.05) is 30.3 Å². The molecule has 1 atom stereocenters. The number of piperazine rings is 1. The summed E-state index contributed by atoms with van der Waals surface area (Å²) in [5, 5.41) is 23.9. The van der Waals surface area contributed by atoms with E-state index in [1.165, 1.54) is 15.9 Å². The summed E-state index contributed by atoms with van der Waals surface area (Å²) >= 11 is 0. The van der Waals surface area contributed by atoms with Crippen LogP contribution in [-0.4, -0.2) is 106 Å². The van der Waals surface area contributed by atoms with Gasteiger partial charge in [-0.2, -0.15) is 0 Å². The van der Waals surface area contributed by atoms with Crippen molar-refractivity contribution in [3.63, 3.8) is 0 Å². The third-order valence-corrected chi connectivity index (χ3v) is 5.78. The Morgan fingerprint density at radius 3 is 2.33 bits per heavy atom. The molecule has 0 aliphatic carbocycles. The molecule has 1 saturated heterocycles. The second-order valence-corrected chi connectivity index (χ2v) is 8.45. The van der Waals surface area contributed by atoms with Gasteiger partial charge in [-0.3, -0.25) is 14.4 Å². The highest BCUT2D eigenvalue weighted by molar-refractivity contribution is 5.97. The predicted octanol–water partition coefficient (Wildman–Crippen LogP) is 1.23. The molecule has 14 heteroatoms. The Balaban J connectivity index is 0.00000533. The van der Waals surface area contributed by atoms with Crippen molar-refractivity contribution in [1.82, 2.24) is 25.1 Å². The first-order valence-electron chi connectivity index (χ1n) is 12.3. The van der Waals surface area contributed by atoms with Crippen molar-refractivity contribution in [3.05, 3.63) is 42.1 Å². The van der Waals surface area contributed by atoms with E-state index in [9.17, 15) is 24.3 Å². The number of hydrogen-bond donors (Lipinski definition) is 4. The molecule has 4 N–H and O–H groups in total. The van der Waals surface area contributed by atoms with E-state index in [0.29, 0.717) is 11.4 Å². The summed E-state index contributed by atoms with van der Waals surface area (Å²) in [6.45, 7) is 2.96. The summed E-state index contributed by atoms with van der Waals surface area (Å²) in [5.41, 5.74) is 0.631. The molecule has 0 unspecified atom stereocenters. The Labute approximate surface area is 232 Å². The van der Waals surface area contributed by atoms with Crippen molar-refractivity contribution in [2.45, 2.75) is 25.8 Å². The highest BCUT2D eigenvalue weighted by Crippen LogP contribution is 2.18. The van der Waals surface area contributed by atoms with Crippen molar-refractivity contribution in [3.8, 4) is 11.4 Å².